The van der Waals surface area contributed by atoms with Crippen LogP contribution in [0.4, 0.5) is 11.5 Å². The van der Waals surface area contributed by atoms with Gasteiger partial charge in [-0.05, 0) is 25.8 Å². The van der Waals surface area contributed by atoms with Gasteiger partial charge >= 0.3 is 0 Å². The van der Waals surface area contributed by atoms with Crippen molar-refractivity contribution in [2.24, 2.45) is 0 Å². The number of carbonyl (C=O) groups is 1. The number of hydrogen-bond acceptors (Lipinski definition) is 4. The molecule has 17 heavy (non-hydrogen) atoms. The molecule has 1 saturated carbocycles. The summed E-state index contributed by atoms with van der Waals surface area (Å²) < 4.78 is 0. The zero-order chi connectivity index (χ0) is 12.4. The van der Waals surface area contributed by atoms with E-state index in [2.05, 4.69) is 15.6 Å². The number of pyridine rings is 1. The van der Waals surface area contributed by atoms with Crippen molar-refractivity contribution >= 4 is 29.0 Å². The van der Waals surface area contributed by atoms with Crippen LogP contribution in [0.15, 0.2) is 12.1 Å². The Balaban J connectivity index is 1.96. The molecule has 1 aromatic heterocycles. The maximum atomic E-state index is 11.7. The summed E-state index contributed by atoms with van der Waals surface area (Å²) in [6.45, 7) is 1.77. The predicted molar refractivity (Wildman–Crippen MR) is 67.9 cm³/mol. The molecular formula is C11H15ClN4O. The molecule has 1 fully saturated rings. The normalized spacial score (nSPS) is 16.4. The molecule has 5 nitrogen and oxygen atoms in total. The third kappa shape index (κ3) is 3.49. The highest BCUT2D eigenvalue weighted by Gasteiger charge is 2.25. The lowest BCUT2D eigenvalue weighted by Gasteiger charge is -2.14. The maximum absolute atomic E-state index is 11.7. The van der Waals surface area contributed by atoms with Crippen molar-refractivity contribution in [3.8, 4) is 0 Å². The predicted octanol–water partition coefficient (Wildman–Crippen LogP) is 1.40. The van der Waals surface area contributed by atoms with Crippen molar-refractivity contribution in [1.29, 1.82) is 0 Å². The molecule has 4 N–H and O–H groups in total. The van der Waals surface area contributed by atoms with E-state index in [9.17, 15) is 4.79 Å². The molecule has 2 rings (SSSR count). The van der Waals surface area contributed by atoms with Crippen LogP contribution < -0.4 is 16.4 Å². The number of amides is 1. The molecule has 1 unspecified atom stereocenters. The highest BCUT2D eigenvalue weighted by atomic mass is 35.5. The standard InChI is InChI=1S/C11H15ClN4O/c1-6(11(17)15-8-2-3-8)14-10-5-7(13)4-9(12)16-10/h4-6,8H,2-3H2,1H3,(H,15,17)(H3,13,14,16). The molecule has 1 atom stereocenters. The topological polar surface area (TPSA) is 80.0 Å². The van der Waals surface area contributed by atoms with Gasteiger partial charge in [0, 0.05) is 17.8 Å². The second-order valence-corrected chi connectivity index (χ2v) is 4.64. The van der Waals surface area contributed by atoms with E-state index in [4.69, 9.17) is 17.3 Å². The fourth-order valence-electron chi connectivity index (χ4n) is 1.43. The lowest BCUT2D eigenvalue weighted by molar-refractivity contribution is -0.121. The van der Waals surface area contributed by atoms with E-state index in [1.165, 1.54) is 0 Å². The Labute approximate surface area is 105 Å². The van der Waals surface area contributed by atoms with Gasteiger partial charge in [0.1, 0.15) is 17.0 Å². The van der Waals surface area contributed by atoms with Crippen LogP contribution in [0.2, 0.25) is 5.15 Å². The number of anilines is 2. The van der Waals surface area contributed by atoms with Gasteiger partial charge < -0.3 is 16.4 Å². The maximum Gasteiger partial charge on any atom is 0.242 e. The number of hydrogen-bond donors (Lipinski definition) is 3. The molecule has 1 heterocycles. The zero-order valence-electron chi connectivity index (χ0n) is 9.53. The van der Waals surface area contributed by atoms with Crippen LogP contribution in [0.5, 0.6) is 0 Å². The van der Waals surface area contributed by atoms with Crippen molar-refractivity contribution in [1.82, 2.24) is 10.3 Å². The van der Waals surface area contributed by atoms with Gasteiger partial charge in [0.05, 0.1) is 0 Å². The lowest BCUT2D eigenvalue weighted by atomic mass is 10.3. The smallest absolute Gasteiger partial charge is 0.242 e. The highest BCUT2D eigenvalue weighted by molar-refractivity contribution is 6.29. The van der Waals surface area contributed by atoms with Crippen LogP contribution in [0.25, 0.3) is 0 Å². The molecular weight excluding hydrogens is 240 g/mol. The molecule has 1 aromatic rings. The molecule has 92 valence electrons. The molecule has 0 bridgehead atoms. The van der Waals surface area contributed by atoms with Crippen molar-refractivity contribution < 1.29 is 4.79 Å². The SMILES string of the molecule is CC(Nc1cc(N)cc(Cl)n1)C(=O)NC1CC1. The van der Waals surface area contributed by atoms with E-state index < -0.39 is 0 Å². The third-order valence-electron chi connectivity index (χ3n) is 2.50. The molecule has 0 radical (unpaired) electrons. The average Bonchev–Trinajstić information content (AvgIpc) is 2.99. The Hall–Kier alpha value is -1.49. The quantitative estimate of drug-likeness (QED) is 0.710. The minimum absolute atomic E-state index is 0.0344. The minimum atomic E-state index is -0.360. The third-order valence-corrected chi connectivity index (χ3v) is 2.69. The monoisotopic (exact) mass is 254 g/mol. The summed E-state index contributed by atoms with van der Waals surface area (Å²) in [5, 5.41) is 6.19. The number of carbonyl (C=O) groups excluding carboxylic acids is 1. The summed E-state index contributed by atoms with van der Waals surface area (Å²) in [4.78, 5) is 15.7. The summed E-state index contributed by atoms with van der Waals surface area (Å²) in [6, 6.07) is 3.19. The van der Waals surface area contributed by atoms with Gasteiger partial charge in [0.2, 0.25) is 5.91 Å². The first kappa shape index (κ1) is 12.0. The summed E-state index contributed by atoms with van der Waals surface area (Å²) in [5.41, 5.74) is 6.15. The summed E-state index contributed by atoms with van der Waals surface area (Å²) in [6.07, 6.45) is 2.14. The second kappa shape index (κ2) is 4.79. The lowest BCUT2D eigenvalue weighted by Crippen LogP contribution is -2.38. The minimum Gasteiger partial charge on any atom is -0.399 e. The van der Waals surface area contributed by atoms with E-state index in [0.717, 1.165) is 12.8 Å². The number of rotatable bonds is 4. The molecule has 0 aliphatic heterocycles. The fraction of sp³-hybridized carbons (Fsp3) is 0.455. The number of nitrogen functional groups attached to an aromatic ring is 1. The summed E-state index contributed by atoms with van der Waals surface area (Å²) in [5.74, 6) is 0.473. The van der Waals surface area contributed by atoms with Gasteiger partial charge in [-0.3, -0.25) is 4.79 Å². The number of nitrogens with one attached hydrogen (secondary N) is 2. The molecule has 1 aliphatic carbocycles. The van der Waals surface area contributed by atoms with Gasteiger partial charge in [-0.15, -0.1) is 0 Å². The Morgan fingerprint density at radius 2 is 2.29 bits per heavy atom. The summed E-state index contributed by atoms with van der Waals surface area (Å²) >= 11 is 5.78. The highest BCUT2D eigenvalue weighted by Crippen LogP contribution is 2.19. The molecule has 0 aromatic carbocycles. The average molecular weight is 255 g/mol. The largest absolute Gasteiger partial charge is 0.399 e. The molecule has 6 heteroatoms. The Morgan fingerprint density at radius 1 is 1.59 bits per heavy atom. The van der Waals surface area contributed by atoms with Gasteiger partial charge in [0.15, 0.2) is 0 Å². The van der Waals surface area contributed by atoms with Crippen LogP contribution in [-0.2, 0) is 4.79 Å². The van der Waals surface area contributed by atoms with Crippen molar-refractivity contribution in [3.63, 3.8) is 0 Å². The Bertz CT molecular complexity index is 413. The molecule has 1 aliphatic rings. The van der Waals surface area contributed by atoms with Crippen molar-refractivity contribution in [2.75, 3.05) is 11.1 Å². The van der Waals surface area contributed by atoms with Crippen molar-refractivity contribution in [2.45, 2.75) is 31.8 Å². The van der Waals surface area contributed by atoms with E-state index in [0.29, 0.717) is 22.7 Å². The van der Waals surface area contributed by atoms with Crippen LogP contribution >= 0.6 is 11.6 Å². The first-order valence-electron chi connectivity index (χ1n) is 5.54. The van der Waals surface area contributed by atoms with Crippen molar-refractivity contribution in [3.05, 3.63) is 17.3 Å². The summed E-state index contributed by atoms with van der Waals surface area (Å²) in [7, 11) is 0. The van der Waals surface area contributed by atoms with E-state index in [-0.39, 0.29) is 11.9 Å². The zero-order valence-corrected chi connectivity index (χ0v) is 10.3. The van der Waals surface area contributed by atoms with Crippen LogP contribution in [0.3, 0.4) is 0 Å². The van der Waals surface area contributed by atoms with Gasteiger partial charge in [-0.1, -0.05) is 11.6 Å². The Morgan fingerprint density at radius 3 is 2.88 bits per heavy atom. The molecule has 0 saturated heterocycles. The van der Waals surface area contributed by atoms with Crippen LogP contribution in [0.1, 0.15) is 19.8 Å². The van der Waals surface area contributed by atoms with E-state index >= 15 is 0 Å². The van der Waals surface area contributed by atoms with Crippen LogP contribution in [0, 0.1) is 0 Å². The number of aromatic nitrogens is 1. The molecule has 0 spiro atoms. The van der Waals surface area contributed by atoms with E-state index in [1.807, 2.05) is 0 Å². The molecule has 1 amide bonds. The van der Waals surface area contributed by atoms with Gasteiger partial charge in [0.25, 0.3) is 0 Å². The number of halogens is 1. The van der Waals surface area contributed by atoms with Gasteiger partial charge in [-0.2, -0.15) is 0 Å². The fourth-order valence-corrected chi connectivity index (χ4v) is 1.65. The number of nitrogens with zero attached hydrogens (tertiary/aromatic N) is 1. The first-order chi connectivity index (χ1) is 8.04. The Kier molecular flexibility index (Phi) is 3.38. The first-order valence-corrected chi connectivity index (χ1v) is 5.92. The van der Waals surface area contributed by atoms with E-state index in [1.54, 1.807) is 19.1 Å². The van der Waals surface area contributed by atoms with Gasteiger partial charge in [-0.25, -0.2) is 4.98 Å². The second-order valence-electron chi connectivity index (χ2n) is 4.26. The van der Waals surface area contributed by atoms with Crippen LogP contribution in [-0.4, -0.2) is 23.0 Å². The number of nitrogens with two attached hydrogens (primary N) is 1.